The third kappa shape index (κ3) is 4.26. The molecule has 256 valence electrons. The number of nitrogens with zero attached hydrogens (tertiary/aromatic N) is 1. The highest BCUT2D eigenvalue weighted by Gasteiger charge is 2.53. The molecule has 0 saturated heterocycles. The summed E-state index contributed by atoms with van der Waals surface area (Å²) < 4.78 is 2.60. The van der Waals surface area contributed by atoms with E-state index in [1.165, 1.54) is 81.5 Å². The van der Waals surface area contributed by atoms with Gasteiger partial charge in [0.05, 0.1) is 15.8 Å². The summed E-state index contributed by atoms with van der Waals surface area (Å²) in [4.78, 5) is 2.49. The van der Waals surface area contributed by atoms with E-state index in [1.54, 1.807) is 0 Å². The molecule has 8 aromatic carbocycles. The number of benzene rings is 8. The molecule has 0 atom stereocenters. The molecule has 0 fully saturated rings. The Labute approximate surface area is 320 Å². The number of fused-ring (bicyclic) bond motifs is 12. The first kappa shape index (κ1) is 31.3. The van der Waals surface area contributed by atoms with Crippen LogP contribution in [0.4, 0.5) is 17.1 Å². The second-order valence-electron chi connectivity index (χ2n) is 15.2. The topological polar surface area (TPSA) is 3.24 Å². The molecule has 0 radical (unpaired) electrons. The lowest BCUT2D eigenvalue weighted by atomic mass is 9.55. The SMILES string of the molecule is CC1(C)c2ccccc2C2(c3ccccc3-c3ccc(N(c4ccc(-c5ccccc5)cc4)c4cccc5c4sc4ccccc45)cc32)c2ccccc21. The second kappa shape index (κ2) is 11.6. The van der Waals surface area contributed by atoms with E-state index in [4.69, 9.17) is 0 Å². The fourth-order valence-corrected chi connectivity index (χ4v) is 11.0. The van der Waals surface area contributed by atoms with Gasteiger partial charge >= 0.3 is 0 Å². The van der Waals surface area contributed by atoms with Gasteiger partial charge < -0.3 is 4.90 Å². The highest BCUT2D eigenvalue weighted by molar-refractivity contribution is 7.26. The Kier molecular flexibility index (Phi) is 6.75. The minimum absolute atomic E-state index is 0.142. The third-order valence-electron chi connectivity index (χ3n) is 12.2. The van der Waals surface area contributed by atoms with Gasteiger partial charge in [0.2, 0.25) is 0 Å². The van der Waals surface area contributed by atoms with Gasteiger partial charge in [0, 0.05) is 32.3 Å². The summed E-state index contributed by atoms with van der Waals surface area (Å²) in [5.41, 5.74) is 16.1. The Bertz CT molecular complexity index is 2860. The summed E-state index contributed by atoms with van der Waals surface area (Å²) in [5.74, 6) is 0. The molecular formula is C52H37NS. The zero-order chi connectivity index (χ0) is 36.0. The molecule has 0 saturated carbocycles. The van der Waals surface area contributed by atoms with Gasteiger partial charge in [-0.25, -0.2) is 0 Å². The molecule has 0 aliphatic heterocycles. The van der Waals surface area contributed by atoms with Crippen molar-refractivity contribution >= 4 is 48.6 Å². The molecule has 9 aromatic rings. The molecule has 1 nitrogen and oxygen atoms in total. The summed E-state index contributed by atoms with van der Waals surface area (Å²) >= 11 is 1.88. The summed E-state index contributed by atoms with van der Waals surface area (Å²) in [5, 5.41) is 2.60. The summed E-state index contributed by atoms with van der Waals surface area (Å²) in [6.45, 7) is 4.78. The quantitative estimate of drug-likeness (QED) is 0.176. The van der Waals surface area contributed by atoms with Crippen LogP contribution in [0.15, 0.2) is 188 Å². The maximum absolute atomic E-state index is 2.51. The van der Waals surface area contributed by atoms with E-state index >= 15 is 0 Å². The molecule has 2 heteroatoms. The Morgan fingerprint density at radius 2 is 0.963 bits per heavy atom. The third-order valence-corrected chi connectivity index (χ3v) is 13.4. The Morgan fingerprint density at radius 3 is 1.70 bits per heavy atom. The second-order valence-corrected chi connectivity index (χ2v) is 16.3. The van der Waals surface area contributed by atoms with Crippen molar-refractivity contribution in [2.45, 2.75) is 24.7 Å². The van der Waals surface area contributed by atoms with Crippen molar-refractivity contribution < 1.29 is 0 Å². The van der Waals surface area contributed by atoms with Crippen LogP contribution in [0.1, 0.15) is 47.2 Å². The largest absolute Gasteiger partial charge is 0.309 e. The molecule has 1 aromatic heterocycles. The van der Waals surface area contributed by atoms with Gasteiger partial charge in [-0.1, -0.05) is 166 Å². The molecule has 0 bridgehead atoms. The maximum Gasteiger partial charge on any atom is 0.0720 e. The van der Waals surface area contributed by atoms with E-state index in [-0.39, 0.29) is 5.41 Å². The number of rotatable bonds is 4. The first-order valence-electron chi connectivity index (χ1n) is 18.9. The van der Waals surface area contributed by atoms with Crippen molar-refractivity contribution in [2.75, 3.05) is 4.90 Å². The van der Waals surface area contributed by atoms with E-state index in [2.05, 4.69) is 207 Å². The summed E-state index contributed by atoms with van der Waals surface area (Å²) in [6.07, 6.45) is 0. The molecule has 2 aliphatic rings. The average Bonchev–Trinajstić information content (AvgIpc) is 3.75. The van der Waals surface area contributed by atoms with Crippen LogP contribution in [0.25, 0.3) is 42.4 Å². The van der Waals surface area contributed by atoms with Crippen molar-refractivity contribution in [1.82, 2.24) is 0 Å². The van der Waals surface area contributed by atoms with E-state index in [1.807, 2.05) is 11.3 Å². The van der Waals surface area contributed by atoms with Crippen LogP contribution < -0.4 is 4.90 Å². The fourth-order valence-electron chi connectivity index (χ4n) is 9.76. The molecular weight excluding hydrogens is 671 g/mol. The van der Waals surface area contributed by atoms with Crippen LogP contribution in [-0.2, 0) is 10.8 Å². The molecule has 0 amide bonds. The highest BCUT2D eigenvalue weighted by atomic mass is 32.1. The van der Waals surface area contributed by atoms with E-state index < -0.39 is 5.41 Å². The standard InChI is InChI=1S/C52H37NS/c1-51(2)43-21-9-11-23-45(43)52(46-24-12-10-22-44(46)51)42-20-8-6-17-38(42)39-32-31-37(33-47(39)52)53(36-29-27-35(28-30-36)34-15-4-3-5-16-34)48-25-14-19-41-40-18-7-13-26-49(40)54-50(41)48/h3-33H,1-2H3. The maximum atomic E-state index is 2.51. The molecule has 54 heavy (non-hydrogen) atoms. The number of hydrogen-bond acceptors (Lipinski definition) is 2. The Balaban J connectivity index is 1.20. The minimum Gasteiger partial charge on any atom is -0.309 e. The zero-order valence-corrected chi connectivity index (χ0v) is 31.1. The lowest BCUT2D eigenvalue weighted by Gasteiger charge is -2.46. The normalized spacial score (nSPS) is 14.4. The van der Waals surface area contributed by atoms with Gasteiger partial charge in [-0.2, -0.15) is 0 Å². The van der Waals surface area contributed by atoms with Crippen LogP contribution in [0, 0.1) is 0 Å². The van der Waals surface area contributed by atoms with Gasteiger partial charge in [-0.05, 0) is 92.0 Å². The van der Waals surface area contributed by atoms with Crippen LogP contribution in [0.2, 0.25) is 0 Å². The molecule has 11 rings (SSSR count). The van der Waals surface area contributed by atoms with Gasteiger partial charge in [0.1, 0.15) is 0 Å². The van der Waals surface area contributed by atoms with Crippen molar-refractivity contribution in [3.63, 3.8) is 0 Å². The zero-order valence-electron chi connectivity index (χ0n) is 30.3. The minimum atomic E-state index is -0.461. The van der Waals surface area contributed by atoms with E-state index in [0.29, 0.717) is 0 Å². The Morgan fingerprint density at radius 1 is 0.407 bits per heavy atom. The van der Waals surface area contributed by atoms with Gasteiger partial charge in [-0.3, -0.25) is 0 Å². The lowest BCUT2D eigenvalue weighted by molar-refractivity contribution is 0.563. The van der Waals surface area contributed by atoms with Crippen molar-refractivity contribution in [3.8, 4) is 22.3 Å². The van der Waals surface area contributed by atoms with Crippen LogP contribution in [-0.4, -0.2) is 0 Å². The molecule has 2 aliphatic carbocycles. The Hall–Kier alpha value is -6.22. The van der Waals surface area contributed by atoms with Gasteiger partial charge in [-0.15, -0.1) is 11.3 Å². The van der Waals surface area contributed by atoms with Crippen molar-refractivity contribution in [1.29, 1.82) is 0 Å². The average molecular weight is 708 g/mol. The van der Waals surface area contributed by atoms with Crippen LogP contribution in [0.5, 0.6) is 0 Å². The monoisotopic (exact) mass is 707 g/mol. The number of anilines is 3. The fraction of sp³-hybridized carbons (Fsp3) is 0.0769. The predicted molar refractivity (Wildman–Crippen MR) is 229 cm³/mol. The van der Waals surface area contributed by atoms with Gasteiger partial charge in [0.25, 0.3) is 0 Å². The molecule has 0 N–H and O–H groups in total. The molecule has 1 heterocycles. The first-order valence-corrected chi connectivity index (χ1v) is 19.7. The van der Waals surface area contributed by atoms with Crippen LogP contribution >= 0.6 is 11.3 Å². The molecule has 0 unspecified atom stereocenters. The number of thiophene rings is 1. The number of hydrogen-bond donors (Lipinski definition) is 0. The summed E-state index contributed by atoms with van der Waals surface area (Å²) in [7, 11) is 0. The first-order chi connectivity index (χ1) is 26.5. The molecule has 1 spiro atoms. The highest BCUT2D eigenvalue weighted by Crippen LogP contribution is 2.62. The van der Waals surface area contributed by atoms with Gasteiger partial charge in [0.15, 0.2) is 0 Å². The van der Waals surface area contributed by atoms with E-state index in [9.17, 15) is 0 Å². The van der Waals surface area contributed by atoms with Crippen molar-refractivity contribution in [2.24, 2.45) is 0 Å². The summed E-state index contributed by atoms with van der Waals surface area (Å²) in [6, 6.07) is 70.2. The smallest absolute Gasteiger partial charge is 0.0720 e. The van der Waals surface area contributed by atoms with E-state index in [0.717, 1.165) is 11.4 Å². The predicted octanol–water partition coefficient (Wildman–Crippen LogP) is 14.2. The lowest BCUT2D eigenvalue weighted by Crippen LogP contribution is -2.40. The van der Waals surface area contributed by atoms with Crippen LogP contribution in [0.3, 0.4) is 0 Å². The van der Waals surface area contributed by atoms with Crippen molar-refractivity contribution in [3.05, 3.63) is 221 Å².